The van der Waals surface area contributed by atoms with E-state index < -0.39 is 24.1 Å². The van der Waals surface area contributed by atoms with Gasteiger partial charge in [-0.05, 0) is 0 Å². The Morgan fingerprint density at radius 2 is 1.94 bits per heavy atom. The first-order chi connectivity index (χ1) is 8.49. The summed E-state index contributed by atoms with van der Waals surface area (Å²) >= 11 is 0. The maximum atomic E-state index is 11.8. The van der Waals surface area contributed by atoms with Crippen molar-refractivity contribution in [2.45, 2.75) is 12.5 Å². The molecule has 0 fully saturated rings. The average Bonchev–Trinajstić information content (AvgIpc) is 2.65. The quantitative estimate of drug-likeness (QED) is 0.601. The second-order valence-electron chi connectivity index (χ2n) is 4.15. The third kappa shape index (κ3) is 1.26. The van der Waals surface area contributed by atoms with Crippen LogP contribution in [0.15, 0.2) is 16.5 Å². The number of aliphatic hydroxyl groups is 1. The third-order valence-electron chi connectivity index (χ3n) is 2.95. The van der Waals surface area contributed by atoms with Crippen molar-refractivity contribution in [3.63, 3.8) is 0 Å². The van der Waals surface area contributed by atoms with Gasteiger partial charge in [0.2, 0.25) is 0 Å². The molecule has 3 rings (SSSR count). The molecule has 3 N–H and O–H groups in total. The van der Waals surface area contributed by atoms with Crippen molar-refractivity contribution >= 4 is 22.5 Å². The average molecular weight is 248 g/mol. The van der Waals surface area contributed by atoms with Crippen LogP contribution in [0.1, 0.15) is 28.6 Å². The van der Waals surface area contributed by atoms with E-state index in [1.165, 1.54) is 6.07 Å². The SMILES string of the molecule is O=C1CC(=O)C(O)c2oc3cc(O)cc(O)c3c21. The molecular weight excluding hydrogens is 240 g/mol. The van der Waals surface area contributed by atoms with Crippen molar-refractivity contribution in [3.05, 3.63) is 23.5 Å². The van der Waals surface area contributed by atoms with E-state index in [2.05, 4.69) is 0 Å². The Kier molecular flexibility index (Phi) is 2.00. The Morgan fingerprint density at radius 1 is 1.22 bits per heavy atom. The summed E-state index contributed by atoms with van der Waals surface area (Å²) in [4.78, 5) is 23.1. The van der Waals surface area contributed by atoms with Gasteiger partial charge in [-0.3, -0.25) is 9.59 Å². The van der Waals surface area contributed by atoms with Crippen molar-refractivity contribution in [1.82, 2.24) is 0 Å². The fraction of sp³-hybridized carbons (Fsp3) is 0.167. The van der Waals surface area contributed by atoms with Crippen molar-refractivity contribution in [2.24, 2.45) is 0 Å². The number of hydrogen-bond donors (Lipinski definition) is 3. The van der Waals surface area contributed by atoms with Gasteiger partial charge < -0.3 is 19.7 Å². The number of phenols is 2. The molecular formula is C12H8O6. The lowest BCUT2D eigenvalue weighted by Crippen LogP contribution is -2.23. The fourth-order valence-corrected chi connectivity index (χ4v) is 2.17. The molecule has 1 atom stereocenters. The van der Waals surface area contributed by atoms with E-state index in [0.29, 0.717) is 0 Å². The first kappa shape index (κ1) is 10.8. The molecule has 1 aromatic carbocycles. The number of aliphatic hydroxyl groups excluding tert-OH is 1. The van der Waals surface area contributed by atoms with Crippen LogP contribution in [0.4, 0.5) is 0 Å². The number of Topliss-reactive ketones (excluding diaryl/α,β-unsaturated/α-hetero) is 2. The molecule has 1 aliphatic carbocycles. The molecule has 92 valence electrons. The summed E-state index contributed by atoms with van der Waals surface area (Å²) in [6.45, 7) is 0. The summed E-state index contributed by atoms with van der Waals surface area (Å²) in [5.74, 6) is -1.90. The largest absolute Gasteiger partial charge is 0.508 e. The lowest BCUT2D eigenvalue weighted by molar-refractivity contribution is -0.127. The van der Waals surface area contributed by atoms with Gasteiger partial charge in [0.1, 0.15) is 17.1 Å². The smallest absolute Gasteiger partial charge is 0.176 e. The topological polar surface area (TPSA) is 108 Å². The van der Waals surface area contributed by atoms with Gasteiger partial charge in [0, 0.05) is 12.1 Å². The molecule has 0 amide bonds. The molecule has 18 heavy (non-hydrogen) atoms. The van der Waals surface area contributed by atoms with E-state index in [1.54, 1.807) is 0 Å². The van der Waals surface area contributed by atoms with E-state index in [9.17, 15) is 24.9 Å². The van der Waals surface area contributed by atoms with Crippen LogP contribution in [0.3, 0.4) is 0 Å². The molecule has 6 heteroatoms. The highest BCUT2D eigenvalue weighted by Crippen LogP contribution is 2.41. The lowest BCUT2D eigenvalue weighted by Gasteiger charge is -2.13. The summed E-state index contributed by atoms with van der Waals surface area (Å²) in [7, 11) is 0. The predicted octanol–water partition coefficient (Wildman–Crippen LogP) is 1.03. The number of rotatable bonds is 0. The van der Waals surface area contributed by atoms with Gasteiger partial charge in [0.05, 0.1) is 17.4 Å². The number of carbonyl (C=O) groups excluding carboxylic acids is 2. The van der Waals surface area contributed by atoms with Gasteiger partial charge in [-0.15, -0.1) is 0 Å². The van der Waals surface area contributed by atoms with Gasteiger partial charge >= 0.3 is 0 Å². The summed E-state index contributed by atoms with van der Waals surface area (Å²) in [5, 5.41) is 28.8. The minimum atomic E-state index is -1.51. The normalized spacial score (nSPS) is 19.3. The Hall–Kier alpha value is -2.34. The highest BCUT2D eigenvalue weighted by molar-refractivity contribution is 6.20. The van der Waals surface area contributed by atoms with Gasteiger partial charge in [0.15, 0.2) is 23.4 Å². The maximum absolute atomic E-state index is 11.8. The summed E-state index contributed by atoms with van der Waals surface area (Å²) < 4.78 is 5.19. The zero-order valence-corrected chi connectivity index (χ0v) is 9.01. The van der Waals surface area contributed by atoms with E-state index in [-0.39, 0.29) is 33.8 Å². The molecule has 0 spiro atoms. The summed E-state index contributed by atoms with van der Waals surface area (Å²) in [5.41, 5.74) is 0.0641. The van der Waals surface area contributed by atoms with Gasteiger partial charge in [-0.1, -0.05) is 0 Å². The predicted molar refractivity (Wildman–Crippen MR) is 58.5 cm³/mol. The Balaban J connectivity index is 2.42. The number of ketones is 2. The molecule has 0 bridgehead atoms. The lowest BCUT2D eigenvalue weighted by atomic mass is 9.91. The molecule has 6 nitrogen and oxygen atoms in total. The molecule has 0 saturated heterocycles. The zero-order chi connectivity index (χ0) is 13.0. The van der Waals surface area contributed by atoms with Crippen molar-refractivity contribution < 1.29 is 29.3 Å². The molecule has 0 saturated carbocycles. The van der Waals surface area contributed by atoms with Crippen LogP contribution in [-0.4, -0.2) is 26.9 Å². The number of fused-ring (bicyclic) bond motifs is 3. The number of aromatic hydroxyl groups is 2. The second kappa shape index (κ2) is 3.33. The molecule has 1 aliphatic rings. The zero-order valence-electron chi connectivity index (χ0n) is 9.01. The molecule has 1 heterocycles. The standard InChI is InChI=1S/C12H8O6/c13-4-1-5(14)9-8(2-4)18-12-10(9)6(15)3-7(16)11(12)17/h1-2,11,13-14,17H,3H2. The fourth-order valence-electron chi connectivity index (χ4n) is 2.17. The van der Waals surface area contributed by atoms with Crippen molar-refractivity contribution in [2.75, 3.05) is 0 Å². The number of hydrogen-bond acceptors (Lipinski definition) is 6. The summed E-state index contributed by atoms with van der Waals surface area (Å²) in [6.07, 6.45) is -1.94. The molecule has 0 aliphatic heterocycles. The van der Waals surface area contributed by atoms with Gasteiger partial charge in [0.25, 0.3) is 0 Å². The van der Waals surface area contributed by atoms with E-state index in [4.69, 9.17) is 4.42 Å². The van der Waals surface area contributed by atoms with Gasteiger partial charge in [-0.25, -0.2) is 0 Å². The third-order valence-corrected chi connectivity index (χ3v) is 2.95. The first-order valence-corrected chi connectivity index (χ1v) is 5.21. The van der Waals surface area contributed by atoms with E-state index in [0.717, 1.165) is 6.07 Å². The number of benzene rings is 1. The van der Waals surface area contributed by atoms with Crippen LogP contribution in [0, 0.1) is 0 Å². The van der Waals surface area contributed by atoms with Crippen LogP contribution in [0.5, 0.6) is 11.5 Å². The number of carbonyl (C=O) groups is 2. The number of furan rings is 1. The number of phenolic OH excluding ortho intramolecular Hbond substituents is 2. The Morgan fingerprint density at radius 3 is 2.67 bits per heavy atom. The van der Waals surface area contributed by atoms with Crippen LogP contribution in [0.25, 0.3) is 11.0 Å². The Labute approximate surface area is 100 Å². The molecule has 1 unspecified atom stereocenters. The highest BCUT2D eigenvalue weighted by Gasteiger charge is 2.37. The van der Waals surface area contributed by atoms with E-state index >= 15 is 0 Å². The van der Waals surface area contributed by atoms with Crippen LogP contribution >= 0.6 is 0 Å². The Bertz CT molecular complexity index is 696. The van der Waals surface area contributed by atoms with E-state index in [1.807, 2.05) is 0 Å². The second-order valence-corrected chi connectivity index (χ2v) is 4.15. The molecule has 0 radical (unpaired) electrons. The summed E-state index contributed by atoms with van der Waals surface area (Å²) in [6, 6.07) is 2.27. The first-order valence-electron chi connectivity index (χ1n) is 5.21. The van der Waals surface area contributed by atoms with Crippen LogP contribution < -0.4 is 0 Å². The molecule has 1 aromatic heterocycles. The minimum absolute atomic E-state index is 0.00889. The maximum Gasteiger partial charge on any atom is 0.176 e. The molecule has 2 aromatic rings. The minimum Gasteiger partial charge on any atom is -0.508 e. The van der Waals surface area contributed by atoms with Gasteiger partial charge in [-0.2, -0.15) is 0 Å². The van der Waals surface area contributed by atoms with Crippen LogP contribution in [0.2, 0.25) is 0 Å². The van der Waals surface area contributed by atoms with Crippen molar-refractivity contribution in [3.8, 4) is 11.5 Å². The monoisotopic (exact) mass is 248 g/mol. The van der Waals surface area contributed by atoms with Crippen molar-refractivity contribution in [1.29, 1.82) is 0 Å². The van der Waals surface area contributed by atoms with Crippen LogP contribution in [-0.2, 0) is 4.79 Å². The highest BCUT2D eigenvalue weighted by atomic mass is 16.4.